The standard InChI is InChI=1S/C42H29N/c1-2-17-35-33(15-1)34-16-3-4-18-36(34)40-27-31(23-24-37(35)40)29-12-9-11-28(25-29)30-13-10-14-32(26-30)43-41-21-7-5-19-38(41)39-20-6-8-22-42(39)43/h1-5,7-19,21-27H,6,20H2. The van der Waals surface area contributed by atoms with Crippen molar-refractivity contribution in [2.45, 2.75) is 12.8 Å². The van der Waals surface area contributed by atoms with Crippen LogP contribution in [0.3, 0.4) is 0 Å². The molecule has 1 aliphatic carbocycles. The Balaban J connectivity index is 1.18. The van der Waals surface area contributed by atoms with Crippen LogP contribution in [0.25, 0.3) is 77.2 Å². The molecule has 202 valence electrons. The summed E-state index contributed by atoms with van der Waals surface area (Å²) in [6.07, 6.45) is 6.81. The van der Waals surface area contributed by atoms with E-state index in [9.17, 15) is 0 Å². The van der Waals surface area contributed by atoms with E-state index >= 15 is 0 Å². The summed E-state index contributed by atoms with van der Waals surface area (Å²) in [6.45, 7) is 0. The maximum Gasteiger partial charge on any atom is 0.0537 e. The van der Waals surface area contributed by atoms with Crippen LogP contribution in [0, 0.1) is 0 Å². The number of aromatic nitrogens is 1. The van der Waals surface area contributed by atoms with E-state index in [1.165, 1.54) is 82.4 Å². The highest BCUT2D eigenvalue weighted by atomic mass is 15.0. The molecule has 0 unspecified atom stereocenters. The van der Waals surface area contributed by atoms with Crippen molar-refractivity contribution in [2.24, 2.45) is 0 Å². The van der Waals surface area contributed by atoms with Crippen molar-refractivity contribution in [3.63, 3.8) is 0 Å². The van der Waals surface area contributed by atoms with E-state index in [4.69, 9.17) is 0 Å². The Morgan fingerprint density at radius 3 is 1.70 bits per heavy atom. The third-order valence-electron chi connectivity index (χ3n) is 9.23. The van der Waals surface area contributed by atoms with E-state index in [0.29, 0.717) is 0 Å². The molecule has 1 heterocycles. The predicted molar refractivity (Wildman–Crippen MR) is 184 cm³/mol. The molecule has 7 aromatic carbocycles. The second-order valence-corrected chi connectivity index (χ2v) is 11.6. The Labute approximate surface area is 251 Å². The van der Waals surface area contributed by atoms with Crippen molar-refractivity contribution in [1.29, 1.82) is 0 Å². The average molecular weight is 548 g/mol. The molecule has 1 aromatic heterocycles. The quantitative estimate of drug-likeness (QED) is 0.194. The molecule has 1 aliphatic rings. The molecular weight excluding hydrogens is 518 g/mol. The van der Waals surface area contributed by atoms with Gasteiger partial charge in [0.1, 0.15) is 0 Å². The first-order valence-corrected chi connectivity index (χ1v) is 15.2. The van der Waals surface area contributed by atoms with Crippen LogP contribution in [-0.2, 0) is 6.42 Å². The Hall–Kier alpha value is -5.40. The van der Waals surface area contributed by atoms with Gasteiger partial charge in [-0.1, -0.05) is 115 Å². The molecule has 0 aliphatic heterocycles. The van der Waals surface area contributed by atoms with E-state index in [1.54, 1.807) is 0 Å². The molecule has 0 saturated carbocycles. The average Bonchev–Trinajstić information content (AvgIpc) is 3.43. The van der Waals surface area contributed by atoms with Crippen molar-refractivity contribution < 1.29 is 0 Å². The molecule has 0 saturated heterocycles. The van der Waals surface area contributed by atoms with E-state index in [-0.39, 0.29) is 0 Å². The highest BCUT2D eigenvalue weighted by molar-refractivity contribution is 6.25. The number of benzene rings is 7. The molecule has 9 rings (SSSR count). The number of para-hydroxylation sites is 1. The maximum atomic E-state index is 2.44. The van der Waals surface area contributed by atoms with Gasteiger partial charge in [0.15, 0.2) is 0 Å². The fourth-order valence-electron chi connectivity index (χ4n) is 7.26. The summed E-state index contributed by atoms with van der Waals surface area (Å²) in [6, 6.07) is 51.4. The molecule has 0 radical (unpaired) electrons. The lowest BCUT2D eigenvalue weighted by molar-refractivity contribution is 0.968. The summed E-state index contributed by atoms with van der Waals surface area (Å²) in [5, 5.41) is 9.21. The van der Waals surface area contributed by atoms with Crippen LogP contribution < -0.4 is 0 Å². The van der Waals surface area contributed by atoms with Crippen LogP contribution in [-0.4, -0.2) is 4.57 Å². The van der Waals surface area contributed by atoms with Crippen LogP contribution in [0.1, 0.15) is 17.7 Å². The fraction of sp³-hybridized carbons (Fsp3) is 0.0476. The van der Waals surface area contributed by atoms with Gasteiger partial charge in [-0.3, -0.25) is 0 Å². The van der Waals surface area contributed by atoms with Crippen molar-refractivity contribution >= 4 is 49.3 Å². The maximum absolute atomic E-state index is 2.44. The van der Waals surface area contributed by atoms with Crippen LogP contribution in [0.5, 0.6) is 0 Å². The Kier molecular flexibility index (Phi) is 5.39. The fourth-order valence-corrected chi connectivity index (χ4v) is 7.26. The number of hydrogen-bond acceptors (Lipinski definition) is 0. The largest absolute Gasteiger partial charge is 0.310 e. The minimum atomic E-state index is 1.10. The molecule has 0 atom stereocenters. The van der Waals surface area contributed by atoms with Crippen LogP contribution in [0.15, 0.2) is 146 Å². The molecule has 0 N–H and O–H groups in total. The lowest BCUT2D eigenvalue weighted by atomic mass is 9.91. The second kappa shape index (κ2) is 9.58. The summed E-state index contributed by atoms with van der Waals surface area (Å²) in [4.78, 5) is 0. The molecule has 8 aromatic rings. The summed E-state index contributed by atoms with van der Waals surface area (Å²) in [7, 11) is 0. The molecule has 1 nitrogen and oxygen atoms in total. The zero-order chi connectivity index (χ0) is 28.3. The number of hydrogen-bond donors (Lipinski definition) is 0. The van der Waals surface area contributed by atoms with Gasteiger partial charge in [0.2, 0.25) is 0 Å². The van der Waals surface area contributed by atoms with Gasteiger partial charge in [-0.2, -0.15) is 0 Å². The third-order valence-corrected chi connectivity index (χ3v) is 9.23. The van der Waals surface area contributed by atoms with Gasteiger partial charge in [-0.05, 0) is 109 Å². The molecule has 0 amide bonds. The van der Waals surface area contributed by atoms with Crippen LogP contribution in [0.4, 0.5) is 0 Å². The smallest absolute Gasteiger partial charge is 0.0537 e. The molecule has 0 bridgehead atoms. The van der Waals surface area contributed by atoms with Crippen molar-refractivity contribution in [2.75, 3.05) is 0 Å². The monoisotopic (exact) mass is 547 g/mol. The number of nitrogens with zero attached hydrogens (tertiary/aromatic N) is 1. The minimum absolute atomic E-state index is 1.10. The second-order valence-electron chi connectivity index (χ2n) is 11.6. The number of rotatable bonds is 3. The van der Waals surface area contributed by atoms with E-state index in [2.05, 4.69) is 156 Å². The first kappa shape index (κ1) is 24.2. The lowest BCUT2D eigenvalue weighted by Crippen LogP contribution is -2.00. The molecule has 0 fully saturated rings. The molecular formula is C42H29N. The zero-order valence-corrected chi connectivity index (χ0v) is 23.8. The third kappa shape index (κ3) is 3.78. The lowest BCUT2D eigenvalue weighted by Gasteiger charge is -2.14. The summed E-state index contributed by atoms with van der Waals surface area (Å²) < 4.78 is 2.44. The highest BCUT2D eigenvalue weighted by Crippen LogP contribution is 2.38. The van der Waals surface area contributed by atoms with Crippen molar-refractivity contribution in [3.8, 4) is 27.9 Å². The Morgan fingerprint density at radius 1 is 0.419 bits per heavy atom. The Morgan fingerprint density at radius 2 is 0.977 bits per heavy atom. The first-order chi connectivity index (χ1) is 21.3. The Bertz CT molecular complexity index is 2370. The summed E-state index contributed by atoms with van der Waals surface area (Å²) in [5.41, 5.74) is 10.2. The molecule has 0 spiro atoms. The number of aryl methyl sites for hydroxylation is 1. The normalized spacial score (nSPS) is 12.8. The summed E-state index contributed by atoms with van der Waals surface area (Å²) >= 11 is 0. The zero-order valence-electron chi connectivity index (χ0n) is 23.8. The minimum Gasteiger partial charge on any atom is -0.310 e. The van der Waals surface area contributed by atoms with Gasteiger partial charge < -0.3 is 4.57 Å². The first-order valence-electron chi connectivity index (χ1n) is 15.2. The topological polar surface area (TPSA) is 4.93 Å². The van der Waals surface area contributed by atoms with E-state index in [0.717, 1.165) is 12.8 Å². The summed E-state index contributed by atoms with van der Waals surface area (Å²) in [5.74, 6) is 0. The van der Waals surface area contributed by atoms with Crippen LogP contribution in [0.2, 0.25) is 0 Å². The number of allylic oxidation sites excluding steroid dienone is 1. The molecule has 1 heteroatoms. The van der Waals surface area contributed by atoms with Gasteiger partial charge >= 0.3 is 0 Å². The van der Waals surface area contributed by atoms with Gasteiger partial charge in [-0.25, -0.2) is 0 Å². The van der Waals surface area contributed by atoms with Crippen LogP contribution >= 0.6 is 0 Å². The number of fused-ring (bicyclic) bond motifs is 9. The van der Waals surface area contributed by atoms with Crippen molar-refractivity contribution in [1.82, 2.24) is 4.57 Å². The van der Waals surface area contributed by atoms with E-state index in [1.807, 2.05) is 0 Å². The predicted octanol–water partition coefficient (Wildman–Crippen LogP) is 11.4. The van der Waals surface area contributed by atoms with Crippen molar-refractivity contribution in [3.05, 3.63) is 157 Å². The molecule has 43 heavy (non-hydrogen) atoms. The highest BCUT2D eigenvalue weighted by Gasteiger charge is 2.18. The SMILES string of the molecule is C1=Cc2c(c3ccccc3n2-c2cccc(-c3cccc(-c4ccc5c6ccccc6c6ccccc6c5c4)c3)c2)CC1. The van der Waals surface area contributed by atoms with Gasteiger partial charge in [-0.15, -0.1) is 0 Å². The van der Waals surface area contributed by atoms with Gasteiger partial charge in [0, 0.05) is 16.8 Å². The van der Waals surface area contributed by atoms with Gasteiger partial charge in [0.05, 0.1) is 5.52 Å². The van der Waals surface area contributed by atoms with E-state index < -0.39 is 0 Å². The van der Waals surface area contributed by atoms with Gasteiger partial charge in [0.25, 0.3) is 0 Å².